The van der Waals surface area contributed by atoms with E-state index in [1.54, 1.807) is 0 Å². The maximum atomic E-state index is 12.2. The van der Waals surface area contributed by atoms with Crippen LogP contribution in [0.15, 0.2) is 52.0 Å². The monoisotopic (exact) mass is 411 g/mol. The summed E-state index contributed by atoms with van der Waals surface area (Å²) >= 11 is 3.53. The number of hydrogen-bond donors (Lipinski definition) is 2. The number of aromatic nitrogens is 3. The molecule has 0 saturated heterocycles. The van der Waals surface area contributed by atoms with E-state index < -0.39 is 0 Å². The van der Waals surface area contributed by atoms with Gasteiger partial charge in [0, 0.05) is 42.9 Å². The van der Waals surface area contributed by atoms with Crippen molar-refractivity contribution in [3.05, 3.63) is 74.4 Å². The Balaban J connectivity index is 1.62. The molecular weight excluding hydrogens is 394 g/mol. The molecule has 6 nitrogen and oxygen atoms in total. The van der Waals surface area contributed by atoms with Crippen LogP contribution in [0.25, 0.3) is 11.1 Å². The van der Waals surface area contributed by atoms with Crippen LogP contribution < -0.4 is 11.3 Å². The molecule has 3 aromatic rings. The van der Waals surface area contributed by atoms with Crippen molar-refractivity contribution in [1.82, 2.24) is 19.9 Å². The minimum absolute atomic E-state index is 0.143. The second-order valence-corrected chi connectivity index (χ2v) is 7.30. The molecular formula is C19H18BrN5O. The van der Waals surface area contributed by atoms with Crippen LogP contribution in [0.2, 0.25) is 0 Å². The van der Waals surface area contributed by atoms with E-state index >= 15 is 0 Å². The van der Waals surface area contributed by atoms with Crippen molar-refractivity contribution < 1.29 is 0 Å². The van der Waals surface area contributed by atoms with Crippen LogP contribution in [0.1, 0.15) is 16.8 Å². The van der Waals surface area contributed by atoms with Crippen LogP contribution in [0.3, 0.4) is 0 Å². The fraction of sp³-hybridized carbons (Fsp3) is 0.211. The van der Waals surface area contributed by atoms with Gasteiger partial charge in [-0.15, -0.1) is 0 Å². The van der Waals surface area contributed by atoms with Crippen molar-refractivity contribution in [2.45, 2.75) is 19.5 Å². The zero-order valence-electron chi connectivity index (χ0n) is 14.1. The summed E-state index contributed by atoms with van der Waals surface area (Å²) in [6, 6.07) is 10.3. The Bertz CT molecular complexity index is 1020. The summed E-state index contributed by atoms with van der Waals surface area (Å²) in [7, 11) is 0. The largest absolute Gasteiger partial charge is 0.369 e. The van der Waals surface area contributed by atoms with E-state index in [0.717, 1.165) is 46.4 Å². The SMILES string of the molecule is Nc1nc2c(c(=O)[nH]1)CN(Cc1cnccc1-c1cccc(Br)c1)CC2. The minimum atomic E-state index is -0.143. The quantitative estimate of drug-likeness (QED) is 0.691. The van der Waals surface area contributed by atoms with E-state index in [1.807, 2.05) is 30.6 Å². The van der Waals surface area contributed by atoms with Crippen LogP contribution >= 0.6 is 15.9 Å². The van der Waals surface area contributed by atoms with Crippen molar-refractivity contribution in [3.8, 4) is 11.1 Å². The first-order valence-corrected chi connectivity index (χ1v) is 9.18. The molecule has 7 heteroatoms. The van der Waals surface area contributed by atoms with Gasteiger partial charge in [-0.1, -0.05) is 28.1 Å². The lowest BCUT2D eigenvalue weighted by Gasteiger charge is -2.28. The molecule has 26 heavy (non-hydrogen) atoms. The first-order chi connectivity index (χ1) is 12.6. The first-order valence-electron chi connectivity index (χ1n) is 8.39. The Kier molecular flexibility index (Phi) is 4.57. The Morgan fingerprint density at radius 2 is 2.19 bits per heavy atom. The van der Waals surface area contributed by atoms with E-state index in [4.69, 9.17) is 5.73 Å². The number of H-pyrrole nitrogens is 1. The highest BCUT2D eigenvalue weighted by Crippen LogP contribution is 2.27. The summed E-state index contributed by atoms with van der Waals surface area (Å²) in [6.45, 7) is 2.11. The van der Waals surface area contributed by atoms with Gasteiger partial charge in [-0.3, -0.25) is 19.7 Å². The molecule has 0 spiro atoms. The standard InChI is InChI=1S/C19H18BrN5O/c20-14-3-1-2-12(8-14)15-4-6-22-9-13(15)10-25-7-5-17-16(11-25)18(26)24-19(21)23-17/h1-4,6,8-9H,5,7,10-11H2,(H3,21,23,24,26). The van der Waals surface area contributed by atoms with Crippen molar-refractivity contribution in [2.24, 2.45) is 0 Å². The van der Waals surface area contributed by atoms with Crippen LogP contribution in [-0.2, 0) is 19.5 Å². The highest BCUT2D eigenvalue weighted by Gasteiger charge is 2.21. The summed E-state index contributed by atoms with van der Waals surface area (Å²) in [6.07, 6.45) is 4.43. The average molecular weight is 412 g/mol. The number of hydrogen-bond acceptors (Lipinski definition) is 5. The molecule has 132 valence electrons. The molecule has 1 aromatic carbocycles. The van der Waals surface area contributed by atoms with Crippen molar-refractivity contribution in [2.75, 3.05) is 12.3 Å². The molecule has 0 bridgehead atoms. The predicted octanol–water partition coefficient (Wildman–Crippen LogP) is 2.73. The number of pyridine rings is 1. The molecule has 3 N–H and O–H groups in total. The second-order valence-electron chi connectivity index (χ2n) is 6.38. The van der Waals surface area contributed by atoms with Gasteiger partial charge in [0.15, 0.2) is 0 Å². The summed E-state index contributed by atoms with van der Waals surface area (Å²) in [5.74, 6) is 0.186. The molecule has 0 unspecified atom stereocenters. The third kappa shape index (κ3) is 3.40. The molecule has 0 atom stereocenters. The fourth-order valence-corrected chi connectivity index (χ4v) is 3.77. The number of halogens is 1. The van der Waals surface area contributed by atoms with Crippen LogP contribution in [0.5, 0.6) is 0 Å². The van der Waals surface area contributed by atoms with Gasteiger partial charge in [0.1, 0.15) is 0 Å². The number of anilines is 1. The van der Waals surface area contributed by atoms with E-state index in [1.165, 1.54) is 0 Å². The van der Waals surface area contributed by atoms with Crippen molar-refractivity contribution in [3.63, 3.8) is 0 Å². The maximum absolute atomic E-state index is 12.2. The van der Waals surface area contributed by atoms with Gasteiger partial charge in [0.2, 0.25) is 5.95 Å². The van der Waals surface area contributed by atoms with E-state index in [2.05, 4.69) is 47.9 Å². The number of aromatic amines is 1. The van der Waals surface area contributed by atoms with Crippen LogP contribution in [0.4, 0.5) is 5.95 Å². The predicted molar refractivity (Wildman–Crippen MR) is 104 cm³/mol. The average Bonchev–Trinajstić information content (AvgIpc) is 2.63. The lowest BCUT2D eigenvalue weighted by atomic mass is 10.0. The van der Waals surface area contributed by atoms with Crippen LogP contribution in [-0.4, -0.2) is 26.4 Å². The first kappa shape index (κ1) is 16.9. The normalized spacial score (nSPS) is 14.2. The number of benzene rings is 1. The zero-order valence-corrected chi connectivity index (χ0v) is 15.7. The molecule has 0 aliphatic carbocycles. The van der Waals surface area contributed by atoms with Gasteiger partial charge in [0.05, 0.1) is 11.3 Å². The van der Waals surface area contributed by atoms with Crippen molar-refractivity contribution in [1.29, 1.82) is 0 Å². The number of nitrogens with one attached hydrogen (secondary N) is 1. The molecule has 3 heterocycles. The molecule has 0 radical (unpaired) electrons. The number of nitrogen functional groups attached to an aromatic ring is 1. The van der Waals surface area contributed by atoms with Gasteiger partial charge in [0.25, 0.3) is 5.56 Å². The number of rotatable bonds is 3. The third-order valence-corrected chi connectivity index (χ3v) is 5.09. The summed E-state index contributed by atoms with van der Waals surface area (Å²) < 4.78 is 1.04. The van der Waals surface area contributed by atoms with Gasteiger partial charge in [-0.25, -0.2) is 4.98 Å². The van der Waals surface area contributed by atoms with Gasteiger partial charge in [-0.2, -0.15) is 0 Å². The molecule has 0 amide bonds. The summed E-state index contributed by atoms with van der Waals surface area (Å²) in [5, 5.41) is 0. The third-order valence-electron chi connectivity index (χ3n) is 4.60. The van der Waals surface area contributed by atoms with E-state index in [9.17, 15) is 4.79 Å². The molecule has 2 aromatic heterocycles. The zero-order chi connectivity index (χ0) is 18.1. The topological polar surface area (TPSA) is 87.9 Å². The minimum Gasteiger partial charge on any atom is -0.369 e. The highest BCUT2D eigenvalue weighted by atomic mass is 79.9. The molecule has 0 fully saturated rings. The highest BCUT2D eigenvalue weighted by molar-refractivity contribution is 9.10. The number of fused-ring (bicyclic) bond motifs is 1. The molecule has 1 aliphatic rings. The number of nitrogens with zero attached hydrogens (tertiary/aromatic N) is 3. The Morgan fingerprint density at radius 3 is 3.04 bits per heavy atom. The Hall–Kier alpha value is -2.51. The maximum Gasteiger partial charge on any atom is 0.257 e. The Labute approximate surface area is 159 Å². The van der Waals surface area contributed by atoms with E-state index in [-0.39, 0.29) is 11.5 Å². The van der Waals surface area contributed by atoms with Crippen LogP contribution in [0, 0.1) is 0 Å². The lowest BCUT2D eigenvalue weighted by Crippen LogP contribution is -2.35. The molecule has 1 aliphatic heterocycles. The molecule has 4 rings (SSSR count). The fourth-order valence-electron chi connectivity index (χ4n) is 3.37. The van der Waals surface area contributed by atoms with Crippen molar-refractivity contribution >= 4 is 21.9 Å². The van der Waals surface area contributed by atoms with E-state index in [0.29, 0.717) is 12.1 Å². The smallest absolute Gasteiger partial charge is 0.257 e. The number of nitrogens with two attached hydrogens (primary N) is 1. The summed E-state index contributed by atoms with van der Waals surface area (Å²) in [4.78, 5) is 25.6. The summed E-state index contributed by atoms with van der Waals surface area (Å²) in [5.41, 5.74) is 10.4. The van der Waals surface area contributed by atoms with Gasteiger partial charge in [-0.05, 0) is 34.9 Å². The Morgan fingerprint density at radius 1 is 1.31 bits per heavy atom. The molecule has 0 saturated carbocycles. The van der Waals surface area contributed by atoms with Gasteiger partial charge < -0.3 is 5.73 Å². The second kappa shape index (κ2) is 7.01. The van der Waals surface area contributed by atoms with Gasteiger partial charge >= 0.3 is 0 Å². The lowest BCUT2D eigenvalue weighted by molar-refractivity contribution is 0.242.